The predicted octanol–water partition coefficient (Wildman–Crippen LogP) is 2.68. The van der Waals surface area contributed by atoms with Crippen LogP contribution in [0.3, 0.4) is 0 Å². The lowest BCUT2D eigenvalue weighted by Gasteiger charge is -2.40. The van der Waals surface area contributed by atoms with Crippen LogP contribution in [0, 0.1) is 22.7 Å². The molecule has 0 bridgehead atoms. The van der Waals surface area contributed by atoms with E-state index < -0.39 is 15.6 Å². The van der Waals surface area contributed by atoms with Gasteiger partial charge in [-0.25, -0.2) is 8.42 Å². The Morgan fingerprint density at radius 3 is 2.48 bits per heavy atom. The number of aryl methyl sites for hydroxylation is 1. The number of nitrogens with one attached hydrogen (secondary N) is 1. The van der Waals surface area contributed by atoms with Crippen LogP contribution in [-0.4, -0.2) is 23.7 Å². The van der Waals surface area contributed by atoms with Crippen LogP contribution in [0.2, 0.25) is 0 Å². The Morgan fingerprint density at radius 1 is 1.43 bits per heavy atom. The summed E-state index contributed by atoms with van der Waals surface area (Å²) in [5, 5.41) is 13.6. The van der Waals surface area contributed by atoms with Crippen molar-refractivity contribution in [3.05, 3.63) is 12.4 Å². The van der Waals surface area contributed by atoms with Gasteiger partial charge in [-0.3, -0.25) is 4.68 Å². The maximum absolute atomic E-state index is 12.6. The van der Waals surface area contributed by atoms with E-state index in [0.717, 1.165) is 12.8 Å². The fourth-order valence-electron chi connectivity index (χ4n) is 3.19. The van der Waals surface area contributed by atoms with Gasteiger partial charge in [-0.1, -0.05) is 20.8 Å². The van der Waals surface area contributed by atoms with Crippen molar-refractivity contribution in [1.29, 1.82) is 5.26 Å². The van der Waals surface area contributed by atoms with Crippen molar-refractivity contribution in [2.75, 3.05) is 0 Å². The van der Waals surface area contributed by atoms with E-state index in [1.165, 1.54) is 12.4 Å². The number of nitrogens with zero attached hydrogens (tertiary/aromatic N) is 3. The maximum atomic E-state index is 12.6. The Hall–Kier alpha value is -1.39. The minimum Gasteiger partial charge on any atom is -0.272 e. The molecule has 2 rings (SSSR count). The lowest BCUT2D eigenvalue weighted by molar-refractivity contribution is 0.147. The van der Waals surface area contributed by atoms with Gasteiger partial charge in [0.05, 0.1) is 12.3 Å². The van der Waals surface area contributed by atoms with E-state index in [2.05, 4.69) is 36.7 Å². The molecule has 1 aromatic rings. The summed E-state index contributed by atoms with van der Waals surface area (Å²) >= 11 is 0. The summed E-state index contributed by atoms with van der Waals surface area (Å²) in [4.78, 5) is 0.118. The zero-order chi connectivity index (χ0) is 17.3. The highest BCUT2D eigenvalue weighted by atomic mass is 32.2. The fourth-order valence-corrected chi connectivity index (χ4v) is 4.51. The zero-order valence-corrected chi connectivity index (χ0v) is 15.2. The number of aromatic nitrogens is 2. The van der Waals surface area contributed by atoms with E-state index in [9.17, 15) is 13.7 Å². The van der Waals surface area contributed by atoms with Gasteiger partial charge >= 0.3 is 0 Å². The van der Waals surface area contributed by atoms with Crippen LogP contribution >= 0.6 is 0 Å². The number of sulfonamides is 1. The summed E-state index contributed by atoms with van der Waals surface area (Å²) in [6, 6.07) is 2.22. The van der Waals surface area contributed by atoms with Gasteiger partial charge in [0.15, 0.2) is 0 Å². The van der Waals surface area contributed by atoms with Crippen molar-refractivity contribution in [1.82, 2.24) is 14.5 Å². The molecule has 0 atom stereocenters. The third-order valence-corrected chi connectivity index (χ3v) is 6.34. The molecule has 0 amide bonds. The van der Waals surface area contributed by atoms with Gasteiger partial charge in [0.25, 0.3) is 0 Å². The Kier molecular flexibility index (Phi) is 4.88. The normalized spacial score (nSPS) is 26.0. The molecule has 128 valence electrons. The molecule has 1 aromatic heterocycles. The van der Waals surface area contributed by atoms with E-state index >= 15 is 0 Å². The second kappa shape index (κ2) is 6.25. The van der Waals surface area contributed by atoms with Crippen molar-refractivity contribution < 1.29 is 8.42 Å². The lowest BCUT2D eigenvalue weighted by Crippen LogP contribution is -2.50. The SMILES string of the molecule is CCn1cc(S(=O)(=O)NC2(C#N)CCC(C(C)(C)C)CC2)cn1. The van der Waals surface area contributed by atoms with Gasteiger partial charge in [-0.2, -0.15) is 15.1 Å². The molecule has 0 unspecified atom stereocenters. The molecule has 1 aliphatic carbocycles. The molecule has 23 heavy (non-hydrogen) atoms. The first-order valence-corrected chi connectivity index (χ1v) is 9.58. The Morgan fingerprint density at radius 2 is 2.04 bits per heavy atom. The molecule has 0 saturated heterocycles. The second-order valence-corrected chi connectivity index (χ2v) is 9.15. The highest BCUT2D eigenvalue weighted by Gasteiger charge is 2.42. The van der Waals surface area contributed by atoms with Crippen molar-refractivity contribution in [3.8, 4) is 6.07 Å². The van der Waals surface area contributed by atoms with E-state index in [-0.39, 0.29) is 10.3 Å². The van der Waals surface area contributed by atoms with Crippen LogP contribution in [0.15, 0.2) is 17.3 Å². The first-order chi connectivity index (χ1) is 10.6. The van der Waals surface area contributed by atoms with Gasteiger partial charge in [-0.05, 0) is 43.9 Å². The molecule has 1 aliphatic rings. The Labute approximate surface area is 138 Å². The summed E-state index contributed by atoms with van der Waals surface area (Å²) in [6.45, 7) is 9.08. The molecule has 0 aliphatic heterocycles. The van der Waals surface area contributed by atoms with Crippen LogP contribution in [0.5, 0.6) is 0 Å². The van der Waals surface area contributed by atoms with Crippen LogP contribution in [0.1, 0.15) is 53.4 Å². The van der Waals surface area contributed by atoms with Crippen molar-refractivity contribution in [2.45, 2.75) is 70.4 Å². The van der Waals surface area contributed by atoms with Crippen molar-refractivity contribution in [3.63, 3.8) is 0 Å². The maximum Gasteiger partial charge on any atom is 0.245 e. The van der Waals surface area contributed by atoms with E-state index in [1.807, 2.05) is 6.92 Å². The molecule has 1 saturated carbocycles. The minimum atomic E-state index is -3.73. The fraction of sp³-hybridized carbons (Fsp3) is 0.750. The lowest BCUT2D eigenvalue weighted by atomic mass is 9.68. The smallest absolute Gasteiger partial charge is 0.245 e. The van der Waals surface area contributed by atoms with E-state index in [1.54, 1.807) is 4.68 Å². The first kappa shape index (κ1) is 18.0. The van der Waals surface area contributed by atoms with Gasteiger partial charge < -0.3 is 0 Å². The van der Waals surface area contributed by atoms with E-state index in [4.69, 9.17) is 0 Å². The van der Waals surface area contributed by atoms with Crippen molar-refractivity contribution >= 4 is 10.0 Å². The first-order valence-electron chi connectivity index (χ1n) is 8.09. The minimum absolute atomic E-state index is 0.118. The number of hydrogen-bond donors (Lipinski definition) is 1. The summed E-state index contributed by atoms with van der Waals surface area (Å²) < 4.78 is 29.3. The number of rotatable bonds is 4. The Bertz CT molecular complexity index is 686. The topological polar surface area (TPSA) is 87.8 Å². The molecule has 6 nitrogen and oxygen atoms in total. The highest BCUT2D eigenvalue weighted by molar-refractivity contribution is 7.89. The van der Waals surface area contributed by atoms with Gasteiger partial charge in [-0.15, -0.1) is 0 Å². The van der Waals surface area contributed by atoms with Gasteiger partial charge in [0, 0.05) is 12.7 Å². The molecule has 1 N–H and O–H groups in total. The monoisotopic (exact) mass is 338 g/mol. The quantitative estimate of drug-likeness (QED) is 0.914. The Balaban J connectivity index is 2.15. The zero-order valence-electron chi connectivity index (χ0n) is 14.3. The number of nitriles is 1. The molecular formula is C16H26N4O2S. The van der Waals surface area contributed by atoms with Crippen LogP contribution in [-0.2, 0) is 16.6 Å². The standard InChI is InChI=1S/C16H26N4O2S/c1-5-20-11-14(10-18-20)23(21,22)19-16(12-17)8-6-13(7-9-16)15(2,3)4/h10-11,13,19H,5-9H2,1-4H3. The summed E-state index contributed by atoms with van der Waals surface area (Å²) in [5.41, 5.74) is -0.822. The van der Waals surface area contributed by atoms with Gasteiger partial charge in [0.1, 0.15) is 10.4 Å². The summed E-state index contributed by atoms with van der Waals surface area (Å²) in [6.07, 6.45) is 5.63. The third-order valence-electron chi connectivity index (χ3n) is 4.85. The van der Waals surface area contributed by atoms with Crippen LogP contribution in [0.4, 0.5) is 0 Å². The van der Waals surface area contributed by atoms with Crippen molar-refractivity contribution in [2.24, 2.45) is 11.3 Å². The molecule has 7 heteroatoms. The van der Waals surface area contributed by atoms with Gasteiger partial charge in [0.2, 0.25) is 10.0 Å². The van der Waals surface area contributed by atoms with Crippen LogP contribution < -0.4 is 4.72 Å². The average molecular weight is 338 g/mol. The average Bonchev–Trinajstić information content (AvgIpc) is 2.96. The highest BCUT2D eigenvalue weighted by Crippen LogP contribution is 2.41. The molecule has 0 spiro atoms. The summed E-state index contributed by atoms with van der Waals surface area (Å²) in [5.74, 6) is 0.510. The molecule has 0 aromatic carbocycles. The molecule has 1 fully saturated rings. The molecule has 0 radical (unpaired) electrons. The molecular weight excluding hydrogens is 312 g/mol. The van der Waals surface area contributed by atoms with Crippen LogP contribution in [0.25, 0.3) is 0 Å². The van der Waals surface area contributed by atoms with E-state index in [0.29, 0.717) is 25.3 Å². The predicted molar refractivity (Wildman–Crippen MR) is 88.0 cm³/mol. The largest absolute Gasteiger partial charge is 0.272 e. The summed E-state index contributed by atoms with van der Waals surface area (Å²) in [7, 11) is -3.73. The number of hydrogen-bond acceptors (Lipinski definition) is 4. The molecule has 1 heterocycles. The third kappa shape index (κ3) is 3.93. The second-order valence-electron chi connectivity index (χ2n) is 7.47.